The second kappa shape index (κ2) is 19.6. The maximum Gasteiger partial charge on any atom is 0.226 e. The first-order valence-electron chi connectivity index (χ1n) is 14.8. The monoisotopic (exact) mass is 575 g/mol. The molecule has 0 bridgehead atoms. The van der Waals surface area contributed by atoms with Crippen LogP contribution in [0.1, 0.15) is 62.1 Å². The number of quaternary nitrogens is 1. The molecule has 2 N–H and O–H groups in total. The summed E-state index contributed by atoms with van der Waals surface area (Å²) in [4.78, 5) is 18.2. The van der Waals surface area contributed by atoms with Crippen LogP contribution >= 0.6 is 0 Å². The van der Waals surface area contributed by atoms with E-state index in [0.29, 0.717) is 6.42 Å². The molecule has 1 aromatic heterocycles. The van der Waals surface area contributed by atoms with Gasteiger partial charge in [-0.3, -0.25) is 14.3 Å². The molecule has 0 radical (unpaired) electrons. The predicted molar refractivity (Wildman–Crippen MR) is 183 cm³/mol. The van der Waals surface area contributed by atoms with E-state index in [1.165, 1.54) is 22.4 Å². The quantitative estimate of drug-likeness (QED) is 0.232. The molecule has 0 spiro atoms. The van der Waals surface area contributed by atoms with Gasteiger partial charge in [0.15, 0.2) is 0 Å². The van der Waals surface area contributed by atoms with Gasteiger partial charge in [0, 0.05) is 67.7 Å². The van der Waals surface area contributed by atoms with Gasteiger partial charge in [0.05, 0.1) is 26.3 Å². The second-order valence-electron chi connectivity index (χ2n) is 10.3. The van der Waals surface area contributed by atoms with Crippen LogP contribution in [0.2, 0.25) is 0 Å². The topological polar surface area (TPSA) is 65.5 Å². The zero-order chi connectivity index (χ0) is 32.5. The number of aryl methyl sites for hydroxylation is 2. The number of aliphatic hydroxyl groups excluding tert-OH is 1. The number of terminal acetylenes is 1. The summed E-state index contributed by atoms with van der Waals surface area (Å²) >= 11 is 0. The fraction of sp³-hybridized carbons (Fsp3) is 0.444. The lowest BCUT2D eigenvalue weighted by Gasteiger charge is -2.30. The van der Waals surface area contributed by atoms with Gasteiger partial charge >= 0.3 is 0 Å². The molecule has 0 unspecified atom stereocenters. The summed E-state index contributed by atoms with van der Waals surface area (Å²) < 4.78 is 0.875. The molecule has 1 amide bonds. The van der Waals surface area contributed by atoms with E-state index in [-0.39, 0.29) is 5.91 Å². The van der Waals surface area contributed by atoms with Crippen molar-refractivity contribution >= 4 is 17.3 Å². The Kier molecular flexibility index (Phi) is 18.0. The fourth-order valence-electron chi connectivity index (χ4n) is 4.25. The molecule has 6 nitrogen and oxygen atoms in total. The summed E-state index contributed by atoms with van der Waals surface area (Å²) in [5.41, 5.74) is 10.2. The summed E-state index contributed by atoms with van der Waals surface area (Å²) in [6.07, 6.45) is 6.77. The van der Waals surface area contributed by atoms with E-state index in [1.807, 2.05) is 52.9 Å². The van der Waals surface area contributed by atoms with Gasteiger partial charge < -0.3 is 15.3 Å². The number of carbonyl (C=O) groups is 1. The Hall–Kier alpha value is -3.50. The van der Waals surface area contributed by atoms with Crippen LogP contribution in [0, 0.1) is 33.1 Å². The number of anilines is 1. The molecule has 230 valence electrons. The molecule has 42 heavy (non-hydrogen) atoms. The van der Waals surface area contributed by atoms with Gasteiger partial charge in [-0.15, -0.1) is 6.42 Å². The van der Waals surface area contributed by atoms with E-state index in [2.05, 4.69) is 76.4 Å². The standard InChI is InChI=1S/C20H30N3.C13H15NO.C2H6.CH4O/c1-7-23(5,6)19-14-18(12-13-21-4)22-20(16(19)3)17-10-8-15(2)9-11-17;1-5-11-8-7-10(3)12(9-11)14(4)13(15)6-2;2*1-2/h8-11,14,21H,7,12-13H2,1-6H3;1,7-9H,6H2,2-4H3;1-2H3;2H,1H3/q+1;;;. The fourth-order valence-corrected chi connectivity index (χ4v) is 4.25. The molecular formula is C36H55N4O2+. The highest BCUT2D eigenvalue weighted by molar-refractivity contribution is 5.93. The highest BCUT2D eigenvalue weighted by Crippen LogP contribution is 2.32. The molecule has 0 fully saturated rings. The molecule has 0 aliphatic rings. The van der Waals surface area contributed by atoms with Gasteiger partial charge in [-0.25, -0.2) is 0 Å². The average Bonchev–Trinajstić information content (AvgIpc) is 3.02. The van der Waals surface area contributed by atoms with Gasteiger partial charge in [0.1, 0.15) is 5.69 Å². The van der Waals surface area contributed by atoms with Crippen molar-refractivity contribution in [1.82, 2.24) is 14.8 Å². The number of rotatable bonds is 8. The van der Waals surface area contributed by atoms with Crippen LogP contribution in [0.15, 0.2) is 48.5 Å². The number of pyridine rings is 1. The lowest BCUT2D eigenvalue weighted by Crippen LogP contribution is -2.40. The number of benzene rings is 2. The van der Waals surface area contributed by atoms with Crippen molar-refractivity contribution < 1.29 is 9.90 Å². The lowest BCUT2D eigenvalue weighted by molar-refractivity contribution is -0.118. The summed E-state index contributed by atoms with van der Waals surface area (Å²) in [5, 5.41) is 10.2. The van der Waals surface area contributed by atoms with E-state index in [0.717, 1.165) is 59.3 Å². The third-order valence-corrected chi connectivity index (χ3v) is 7.11. The number of nitrogens with zero attached hydrogens (tertiary/aromatic N) is 3. The average molecular weight is 576 g/mol. The summed E-state index contributed by atoms with van der Waals surface area (Å²) in [6.45, 7) is 16.4. The van der Waals surface area contributed by atoms with Crippen molar-refractivity contribution in [3.05, 3.63) is 76.5 Å². The van der Waals surface area contributed by atoms with Gasteiger partial charge in [-0.2, -0.15) is 0 Å². The van der Waals surface area contributed by atoms with E-state index in [9.17, 15) is 4.79 Å². The third kappa shape index (κ3) is 11.1. The van der Waals surface area contributed by atoms with Crippen molar-refractivity contribution in [2.45, 2.75) is 61.3 Å². The molecular weight excluding hydrogens is 520 g/mol. The summed E-state index contributed by atoms with van der Waals surface area (Å²) in [5.74, 6) is 2.66. The summed E-state index contributed by atoms with van der Waals surface area (Å²) in [6, 6.07) is 16.7. The number of amides is 1. The molecule has 0 saturated heterocycles. The highest BCUT2D eigenvalue weighted by Gasteiger charge is 2.23. The number of hydrogen-bond acceptors (Lipinski definition) is 4. The van der Waals surface area contributed by atoms with E-state index < -0.39 is 0 Å². The maximum atomic E-state index is 11.5. The Morgan fingerprint density at radius 2 is 1.62 bits per heavy atom. The van der Waals surface area contributed by atoms with Crippen LogP contribution in [-0.2, 0) is 11.2 Å². The molecule has 0 aliphatic carbocycles. The number of carbonyl (C=O) groups excluding carboxylic acids is 1. The Balaban J connectivity index is 0.000000766. The molecule has 0 saturated carbocycles. The van der Waals surface area contributed by atoms with E-state index >= 15 is 0 Å². The number of aliphatic hydroxyl groups is 1. The van der Waals surface area contributed by atoms with Crippen molar-refractivity contribution in [2.75, 3.05) is 53.3 Å². The van der Waals surface area contributed by atoms with Crippen LogP contribution in [0.4, 0.5) is 11.4 Å². The zero-order valence-corrected chi connectivity index (χ0v) is 28.2. The number of nitrogens with one attached hydrogen (secondary N) is 1. The third-order valence-electron chi connectivity index (χ3n) is 7.11. The van der Waals surface area contributed by atoms with Crippen molar-refractivity contribution in [3.8, 4) is 23.6 Å². The number of aromatic nitrogens is 1. The molecule has 0 atom stereocenters. The molecule has 6 heteroatoms. The Morgan fingerprint density at radius 1 is 1.02 bits per heavy atom. The van der Waals surface area contributed by atoms with Gasteiger partial charge in [-0.05, 0) is 52.4 Å². The van der Waals surface area contributed by atoms with Gasteiger partial charge in [0.25, 0.3) is 0 Å². The molecule has 0 aliphatic heterocycles. The first-order chi connectivity index (χ1) is 20.0. The second-order valence-corrected chi connectivity index (χ2v) is 10.3. The lowest BCUT2D eigenvalue weighted by atomic mass is 10.0. The minimum atomic E-state index is 0.0901. The zero-order valence-electron chi connectivity index (χ0n) is 28.2. The van der Waals surface area contributed by atoms with Crippen molar-refractivity contribution in [2.24, 2.45) is 0 Å². The smallest absolute Gasteiger partial charge is 0.226 e. The Labute approximate surface area is 256 Å². The maximum absolute atomic E-state index is 11.5. The van der Waals surface area contributed by atoms with Crippen molar-refractivity contribution in [1.29, 1.82) is 0 Å². The van der Waals surface area contributed by atoms with Crippen molar-refractivity contribution in [3.63, 3.8) is 0 Å². The number of likely N-dealkylation sites (N-methyl/N-ethyl adjacent to an activating group) is 1. The van der Waals surface area contributed by atoms with E-state index in [4.69, 9.17) is 16.5 Å². The minimum absolute atomic E-state index is 0.0901. The SMILES string of the molecule is C#Cc1ccc(C)c(N(C)C(=O)CC)c1.CC.CC[N+](C)(C)c1cc(CCNC)nc(-c2ccc(C)cc2)c1C.CO. The van der Waals surface area contributed by atoms with E-state index in [1.54, 1.807) is 11.9 Å². The van der Waals surface area contributed by atoms with Gasteiger partial charge in [0.2, 0.25) is 5.91 Å². The van der Waals surface area contributed by atoms with Crippen LogP contribution in [-0.4, -0.2) is 64.4 Å². The normalized spacial score (nSPS) is 10.1. The largest absolute Gasteiger partial charge is 0.400 e. The highest BCUT2D eigenvalue weighted by atomic mass is 16.2. The van der Waals surface area contributed by atoms with Gasteiger partial charge in [-0.1, -0.05) is 62.6 Å². The Bertz CT molecular complexity index is 1270. The van der Waals surface area contributed by atoms with Crippen LogP contribution < -0.4 is 14.7 Å². The first-order valence-corrected chi connectivity index (χ1v) is 14.8. The minimum Gasteiger partial charge on any atom is -0.400 e. The summed E-state index contributed by atoms with van der Waals surface area (Å²) in [7, 11) is 9.29. The molecule has 3 aromatic rings. The van der Waals surface area contributed by atoms with Crippen LogP contribution in [0.25, 0.3) is 11.3 Å². The molecule has 1 heterocycles. The molecule has 3 rings (SSSR count). The van der Waals surface area contributed by atoms with Crippen LogP contribution in [0.5, 0.6) is 0 Å². The number of hydrogen-bond donors (Lipinski definition) is 2. The predicted octanol–water partition coefficient (Wildman–Crippen LogP) is 6.70. The Morgan fingerprint density at radius 3 is 2.12 bits per heavy atom. The molecule has 2 aromatic carbocycles. The first kappa shape index (κ1) is 38.5. The van der Waals surface area contributed by atoms with Crippen LogP contribution in [0.3, 0.4) is 0 Å².